The van der Waals surface area contributed by atoms with Gasteiger partial charge < -0.3 is 0 Å². The van der Waals surface area contributed by atoms with E-state index in [1.165, 1.54) is 0 Å². The van der Waals surface area contributed by atoms with Crippen LogP contribution in [0.1, 0.15) is 67.9 Å². The van der Waals surface area contributed by atoms with E-state index in [4.69, 9.17) is 0 Å². The molecule has 1 nitrogen and oxygen atoms in total. The molecule has 0 atom stereocenters. The molecule has 1 aromatic rings. The van der Waals surface area contributed by atoms with E-state index in [1.54, 1.807) is 6.92 Å². The fourth-order valence-electron chi connectivity index (χ4n) is 1.44. The lowest BCUT2D eigenvalue weighted by Crippen LogP contribution is -2.00. The highest BCUT2D eigenvalue weighted by Crippen LogP contribution is 2.22. The number of benzene rings is 1. The number of hydrogen-bond acceptors (Lipinski definition) is 1. The summed E-state index contributed by atoms with van der Waals surface area (Å²) >= 11 is 0. The first-order chi connectivity index (χ1) is 6.91. The van der Waals surface area contributed by atoms with Gasteiger partial charge in [-0.05, 0) is 48.1 Å². The van der Waals surface area contributed by atoms with Crippen LogP contribution in [0.5, 0.6) is 0 Å². The lowest BCUT2D eigenvalue weighted by molar-refractivity contribution is 0.101. The molecule has 15 heavy (non-hydrogen) atoms. The van der Waals surface area contributed by atoms with Crippen LogP contribution in [0.3, 0.4) is 0 Å². The second kappa shape index (κ2) is 4.61. The molecule has 0 aliphatic carbocycles. The zero-order valence-electron chi connectivity index (χ0n) is 10.2. The van der Waals surface area contributed by atoms with Crippen molar-refractivity contribution in [2.24, 2.45) is 0 Å². The molecule has 0 spiro atoms. The SMILES string of the molecule is CC(=O)c1cc(C(C)C)[c]c(C(C)C)c1. The molecule has 0 aromatic heterocycles. The van der Waals surface area contributed by atoms with Crippen LogP contribution in [0, 0.1) is 6.07 Å². The first kappa shape index (κ1) is 12.0. The maximum atomic E-state index is 11.4. The molecule has 0 N–H and O–H groups in total. The number of carbonyl (C=O) groups is 1. The Bertz CT molecular complexity index is 335. The normalized spacial score (nSPS) is 11.1. The number of hydrogen-bond donors (Lipinski definition) is 0. The van der Waals surface area contributed by atoms with Gasteiger partial charge in [-0.25, -0.2) is 0 Å². The highest BCUT2D eigenvalue weighted by Gasteiger charge is 2.09. The van der Waals surface area contributed by atoms with Gasteiger partial charge in [-0.1, -0.05) is 27.7 Å². The molecule has 0 bridgehead atoms. The van der Waals surface area contributed by atoms with Gasteiger partial charge in [0.15, 0.2) is 5.78 Å². The van der Waals surface area contributed by atoms with Gasteiger partial charge in [0, 0.05) is 5.56 Å². The van der Waals surface area contributed by atoms with Gasteiger partial charge >= 0.3 is 0 Å². The predicted molar refractivity (Wildman–Crippen MR) is 63.5 cm³/mol. The fraction of sp³-hybridized carbons (Fsp3) is 0.500. The van der Waals surface area contributed by atoms with Crippen molar-refractivity contribution in [2.75, 3.05) is 0 Å². The second-order valence-corrected chi connectivity index (χ2v) is 4.65. The van der Waals surface area contributed by atoms with Gasteiger partial charge in [-0.3, -0.25) is 4.79 Å². The molecule has 1 rings (SSSR count). The molecule has 0 saturated heterocycles. The van der Waals surface area contributed by atoms with Crippen LogP contribution in [0.4, 0.5) is 0 Å². The van der Waals surface area contributed by atoms with Gasteiger partial charge in [0.25, 0.3) is 0 Å². The average molecular weight is 203 g/mol. The molecule has 81 valence electrons. The Balaban J connectivity index is 3.26. The first-order valence-corrected chi connectivity index (χ1v) is 5.50. The van der Waals surface area contributed by atoms with E-state index in [0.29, 0.717) is 11.8 Å². The van der Waals surface area contributed by atoms with Gasteiger partial charge in [0.2, 0.25) is 0 Å². The first-order valence-electron chi connectivity index (χ1n) is 5.50. The van der Waals surface area contributed by atoms with Crippen molar-refractivity contribution >= 4 is 5.78 Å². The van der Waals surface area contributed by atoms with Crippen molar-refractivity contribution in [3.8, 4) is 0 Å². The standard InChI is InChI=1S/C14H19O/c1-9(2)12-6-13(10(3)4)8-14(7-12)11(5)15/h7-10H,1-5H3. The zero-order valence-corrected chi connectivity index (χ0v) is 10.2. The van der Waals surface area contributed by atoms with Gasteiger partial charge in [0.1, 0.15) is 0 Å². The summed E-state index contributed by atoms with van der Waals surface area (Å²) in [6, 6.07) is 7.30. The predicted octanol–water partition coefficient (Wildman–Crippen LogP) is 3.94. The van der Waals surface area contributed by atoms with Crippen LogP contribution in [0.25, 0.3) is 0 Å². The lowest BCUT2D eigenvalue weighted by Gasteiger charge is -2.12. The Morgan fingerprint density at radius 2 is 1.47 bits per heavy atom. The third kappa shape index (κ3) is 2.92. The van der Waals surface area contributed by atoms with Crippen molar-refractivity contribution in [1.82, 2.24) is 0 Å². The number of Topliss-reactive ketones (excluding diaryl/α,β-unsaturated/α-hetero) is 1. The summed E-state index contributed by atoms with van der Waals surface area (Å²) in [5, 5.41) is 0. The number of carbonyl (C=O) groups excluding carboxylic acids is 1. The molecule has 0 aliphatic rings. The van der Waals surface area contributed by atoms with Crippen molar-refractivity contribution in [3.05, 3.63) is 34.9 Å². The van der Waals surface area contributed by atoms with E-state index in [1.807, 2.05) is 12.1 Å². The Hall–Kier alpha value is -1.11. The molecule has 0 saturated carbocycles. The maximum absolute atomic E-state index is 11.4. The van der Waals surface area contributed by atoms with Gasteiger partial charge in [-0.2, -0.15) is 0 Å². The second-order valence-electron chi connectivity index (χ2n) is 4.65. The monoisotopic (exact) mass is 203 g/mol. The van der Waals surface area contributed by atoms with Crippen LogP contribution in [0.2, 0.25) is 0 Å². The lowest BCUT2D eigenvalue weighted by atomic mass is 9.92. The molecule has 1 aromatic carbocycles. The quantitative estimate of drug-likeness (QED) is 0.680. The highest BCUT2D eigenvalue weighted by molar-refractivity contribution is 5.94. The van der Waals surface area contributed by atoms with Gasteiger partial charge in [0.05, 0.1) is 0 Å². The summed E-state index contributed by atoms with van der Waals surface area (Å²) in [4.78, 5) is 11.4. The van der Waals surface area contributed by atoms with E-state index < -0.39 is 0 Å². The van der Waals surface area contributed by atoms with E-state index >= 15 is 0 Å². The zero-order chi connectivity index (χ0) is 11.6. The molecule has 0 unspecified atom stereocenters. The number of ketones is 1. The van der Waals surface area contributed by atoms with Crippen LogP contribution < -0.4 is 0 Å². The van der Waals surface area contributed by atoms with E-state index in [-0.39, 0.29) is 5.78 Å². The van der Waals surface area contributed by atoms with Crippen molar-refractivity contribution in [1.29, 1.82) is 0 Å². The maximum Gasteiger partial charge on any atom is 0.159 e. The topological polar surface area (TPSA) is 17.1 Å². The van der Waals surface area contributed by atoms with E-state index in [9.17, 15) is 4.79 Å². The van der Waals surface area contributed by atoms with Gasteiger partial charge in [-0.15, -0.1) is 0 Å². The summed E-state index contributed by atoms with van der Waals surface area (Å²) in [6.07, 6.45) is 0. The Morgan fingerprint density at radius 1 is 1.07 bits per heavy atom. The Kier molecular flexibility index (Phi) is 3.67. The van der Waals surface area contributed by atoms with E-state index in [0.717, 1.165) is 16.7 Å². The molecular formula is C14H19O. The molecule has 0 fully saturated rings. The minimum Gasteiger partial charge on any atom is -0.295 e. The van der Waals surface area contributed by atoms with Crippen LogP contribution >= 0.6 is 0 Å². The number of rotatable bonds is 3. The van der Waals surface area contributed by atoms with Crippen LogP contribution in [-0.2, 0) is 0 Å². The molecule has 0 amide bonds. The largest absolute Gasteiger partial charge is 0.295 e. The van der Waals surface area contributed by atoms with Crippen molar-refractivity contribution < 1.29 is 4.79 Å². The third-order valence-corrected chi connectivity index (χ3v) is 2.56. The summed E-state index contributed by atoms with van der Waals surface area (Å²) in [6.45, 7) is 10.1. The molecule has 1 heteroatoms. The fourth-order valence-corrected chi connectivity index (χ4v) is 1.44. The minimum atomic E-state index is 0.132. The van der Waals surface area contributed by atoms with Crippen molar-refractivity contribution in [3.63, 3.8) is 0 Å². The summed E-state index contributed by atoms with van der Waals surface area (Å²) in [7, 11) is 0. The highest BCUT2D eigenvalue weighted by atomic mass is 16.1. The average Bonchev–Trinajstić information content (AvgIpc) is 2.16. The van der Waals surface area contributed by atoms with E-state index in [2.05, 4.69) is 33.8 Å². The Labute approximate surface area is 92.5 Å². The summed E-state index contributed by atoms with van der Waals surface area (Å²) < 4.78 is 0. The van der Waals surface area contributed by atoms with Crippen LogP contribution in [0.15, 0.2) is 12.1 Å². The minimum absolute atomic E-state index is 0.132. The summed E-state index contributed by atoms with van der Waals surface area (Å²) in [5.74, 6) is 0.969. The molecular weight excluding hydrogens is 184 g/mol. The molecule has 0 heterocycles. The van der Waals surface area contributed by atoms with Crippen molar-refractivity contribution in [2.45, 2.75) is 46.5 Å². The third-order valence-electron chi connectivity index (χ3n) is 2.56. The molecule has 1 radical (unpaired) electrons. The molecule has 0 aliphatic heterocycles. The van der Waals surface area contributed by atoms with Crippen LogP contribution in [-0.4, -0.2) is 5.78 Å². The summed E-state index contributed by atoms with van der Waals surface area (Å²) in [5.41, 5.74) is 3.07. The Morgan fingerprint density at radius 3 is 1.73 bits per heavy atom. The smallest absolute Gasteiger partial charge is 0.159 e.